The standard InChI is InChI=1S/C11H19N3/c1-5-14(4)11-9(2)6-10(7-12-3)8-13-11/h6,8,12H,5,7H2,1-4H3. The van der Waals surface area contributed by atoms with Gasteiger partial charge in [0.25, 0.3) is 0 Å². The van der Waals surface area contributed by atoms with E-state index >= 15 is 0 Å². The lowest BCUT2D eigenvalue weighted by Crippen LogP contribution is -2.18. The first kappa shape index (κ1) is 11.0. The minimum absolute atomic E-state index is 0.879. The zero-order chi connectivity index (χ0) is 10.6. The fourth-order valence-electron chi connectivity index (χ4n) is 1.48. The van der Waals surface area contributed by atoms with Crippen LogP contribution >= 0.6 is 0 Å². The summed E-state index contributed by atoms with van der Waals surface area (Å²) in [5, 5.41) is 3.12. The molecule has 0 aliphatic heterocycles. The quantitative estimate of drug-likeness (QED) is 0.786. The van der Waals surface area contributed by atoms with Crippen molar-refractivity contribution in [2.24, 2.45) is 0 Å². The highest BCUT2D eigenvalue weighted by Gasteiger charge is 2.04. The highest BCUT2D eigenvalue weighted by molar-refractivity contribution is 5.46. The van der Waals surface area contributed by atoms with Crippen LogP contribution in [0.1, 0.15) is 18.1 Å². The van der Waals surface area contributed by atoms with E-state index < -0.39 is 0 Å². The molecule has 78 valence electrons. The van der Waals surface area contributed by atoms with E-state index in [0.29, 0.717) is 0 Å². The third kappa shape index (κ3) is 2.45. The second-order valence-electron chi connectivity index (χ2n) is 3.53. The molecular weight excluding hydrogens is 174 g/mol. The van der Waals surface area contributed by atoms with Gasteiger partial charge in [-0.05, 0) is 38.1 Å². The summed E-state index contributed by atoms with van der Waals surface area (Å²) in [7, 11) is 4.01. The summed E-state index contributed by atoms with van der Waals surface area (Å²) in [5.41, 5.74) is 2.47. The van der Waals surface area contributed by atoms with Gasteiger partial charge in [0.2, 0.25) is 0 Å². The lowest BCUT2D eigenvalue weighted by atomic mass is 10.2. The molecule has 3 heteroatoms. The van der Waals surface area contributed by atoms with Crippen LogP contribution in [0.4, 0.5) is 5.82 Å². The van der Waals surface area contributed by atoms with Crippen LogP contribution < -0.4 is 10.2 Å². The molecule has 0 unspecified atom stereocenters. The van der Waals surface area contributed by atoms with Crippen LogP contribution in [-0.4, -0.2) is 25.6 Å². The van der Waals surface area contributed by atoms with Gasteiger partial charge in [-0.2, -0.15) is 0 Å². The van der Waals surface area contributed by atoms with Crippen molar-refractivity contribution < 1.29 is 0 Å². The molecule has 1 aromatic heterocycles. The minimum atomic E-state index is 0.879. The van der Waals surface area contributed by atoms with Crippen LogP contribution in [-0.2, 0) is 6.54 Å². The van der Waals surface area contributed by atoms with Crippen molar-refractivity contribution in [1.29, 1.82) is 0 Å². The normalized spacial score (nSPS) is 10.3. The zero-order valence-electron chi connectivity index (χ0n) is 9.46. The Morgan fingerprint density at radius 2 is 2.21 bits per heavy atom. The lowest BCUT2D eigenvalue weighted by molar-refractivity contribution is 0.809. The summed E-state index contributed by atoms with van der Waals surface area (Å²) in [5.74, 6) is 1.08. The maximum atomic E-state index is 4.45. The average molecular weight is 193 g/mol. The Hall–Kier alpha value is -1.09. The summed E-state index contributed by atoms with van der Waals surface area (Å²) in [6.45, 7) is 6.10. The second-order valence-corrected chi connectivity index (χ2v) is 3.53. The van der Waals surface area contributed by atoms with E-state index in [0.717, 1.165) is 18.9 Å². The fourth-order valence-corrected chi connectivity index (χ4v) is 1.48. The monoisotopic (exact) mass is 193 g/mol. The Kier molecular flexibility index (Phi) is 3.89. The molecule has 0 atom stereocenters. The molecule has 1 heterocycles. The first-order valence-corrected chi connectivity index (χ1v) is 5.00. The lowest BCUT2D eigenvalue weighted by Gasteiger charge is -2.18. The molecule has 3 nitrogen and oxygen atoms in total. The zero-order valence-corrected chi connectivity index (χ0v) is 9.46. The molecule has 0 spiro atoms. The summed E-state index contributed by atoms with van der Waals surface area (Å²) in [6, 6.07) is 2.19. The first-order chi connectivity index (χ1) is 6.69. The molecule has 0 saturated heterocycles. The smallest absolute Gasteiger partial charge is 0.131 e. The van der Waals surface area contributed by atoms with E-state index in [4.69, 9.17) is 0 Å². The Labute approximate surface area is 86.2 Å². The summed E-state index contributed by atoms with van der Waals surface area (Å²) < 4.78 is 0. The molecule has 1 aromatic rings. The number of aryl methyl sites for hydroxylation is 1. The second kappa shape index (κ2) is 4.96. The summed E-state index contributed by atoms with van der Waals surface area (Å²) in [6.07, 6.45) is 1.94. The van der Waals surface area contributed by atoms with E-state index in [2.05, 4.69) is 42.2 Å². The summed E-state index contributed by atoms with van der Waals surface area (Å²) >= 11 is 0. The van der Waals surface area contributed by atoms with E-state index in [1.807, 2.05) is 13.2 Å². The predicted molar refractivity (Wildman–Crippen MR) is 60.7 cm³/mol. The third-order valence-corrected chi connectivity index (χ3v) is 2.32. The molecule has 0 amide bonds. The molecule has 0 saturated carbocycles. The summed E-state index contributed by atoms with van der Waals surface area (Å²) in [4.78, 5) is 6.60. The Morgan fingerprint density at radius 1 is 1.50 bits per heavy atom. The van der Waals surface area contributed by atoms with Crippen LogP contribution in [0.5, 0.6) is 0 Å². The van der Waals surface area contributed by atoms with Crippen LogP contribution in [0, 0.1) is 6.92 Å². The maximum Gasteiger partial charge on any atom is 0.131 e. The van der Waals surface area contributed by atoms with Gasteiger partial charge in [-0.25, -0.2) is 4.98 Å². The van der Waals surface area contributed by atoms with Crippen molar-refractivity contribution in [3.8, 4) is 0 Å². The number of pyridine rings is 1. The average Bonchev–Trinajstić information content (AvgIpc) is 2.17. The van der Waals surface area contributed by atoms with Gasteiger partial charge in [-0.1, -0.05) is 0 Å². The van der Waals surface area contributed by atoms with Crippen molar-refractivity contribution in [3.05, 3.63) is 23.4 Å². The molecule has 0 aliphatic rings. The Balaban J connectivity index is 2.89. The van der Waals surface area contributed by atoms with Crippen molar-refractivity contribution in [3.63, 3.8) is 0 Å². The Morgan fingerprint density at radius 3 is 2.71 bits per heavy atom. The molecule has 0 radical (unpaired) electrons. The molecular formula is C11H19N3. The minimum Gasteiger partial charge on any atom is -0.360 e. The molecule has 1 rings (SSSR count). The molecule has 0 aliphatic carbocycles. The number of anilines is 1. The molecule has 14 heavy (non-hydrogen) atoms. The fraction of sp³-hybridized carbons (Fsp3) is 0.545. The van der Waals surface area contributed by atoms with Crippen LogP contribution in [0.3, 0.4) is 0 Å². The van der Waals surface area contributed by atoms with Crippen LogP contribution in [0.15, 0.2) is 12.3 Å². The van der Waals surface area contributed by atoms with Gasteiger partial charge in [0.05, 0.1) is 0 Å². The van der Waals surface area contributed by atoms with Crippen molar-refractivity contribution in [2.75, 3.05) is 25.5 Å². The van der Waals surface area contributed by atoms with Crippen molar-refractivity contribution >= 4 is 5.82 Å². The van der Waals surface area contributed by atoms with Gasteiger partial charge in [0, 0.05) is 26.3 Å². The Bertz CT molecular complexity index is 297. The SMILES string of the molecule is CCN(C)c1ncc(CNC)cc1C. The molecule has 0 bridgehead atoms. The number of nitrogens with one attached hydrogen (secondary N) is 1. The predicted octanol–water partition coefficient (Wildman–Crippen LogP) is 1.57. The first-order valence-electron chi connectivity index (χ1n) is 5.00. The number of nitrogens with zero attached hydrogens (tertiary/aromatic N) is 2. The topological polar surface area (TPSA) is 28.2 Å². The highest BCUT2D eigenvalue weighted by Crippen LogP contribution is 2.16. The third-order valence-electron chi connectivity index (χ3n) is 2.32. The van der Waals surface area contributed by atoms with Gasteiger partial charge in [-0.3, -0.25) is 0 Å². The van der Waals surface area contributed by atoms with E-state index in [1.54, 1.807) is 0 Å². The van der Waals surface area contributed by atoms with Crippen LogP contribution in [0.2, 0.25) is 0 Å². The van der Waals surface area contributed by atoms with Gasteiger partial charge in [0.15, 0.2) is 0 Å². The van der Waals surface area contributed by atoms with Gasteiger partial charge < -0.3 is 10.2 Å². The van der Waals surface area contributed by atoms with Crippen LogP contribution in [0.25, 0.3) is 0 Å². The van der Waals surface area contributed by atoms with Crippen molar-refractivity contribution in [2.45, 2.75) is 20.4 Å². The van der Waals surface area contributed by atoms with Gasteiger partial charge in [0.1, 0.15) is 5.82 Å². The molecule has 0 aromatic carbocycles. The molecule has 0 fully saturated rings. The number of rotatable bonds is 4. The van der Waals surface area contributed by atoms with Gasteiger partial charge in [-0.15, -0.1) is 0 Å². The van der Waals surface area contributed by atoms with E-state index in [9.17, 15) is 0 Å². The highest BCUT2D eigenvalue weighted by atomic mass is 15.2. The number of hydrogen-bond donors (Lipinski definition) is 1. The van der Waals surface area contributed by atoms with Gasteiger partial charge >= 0.3 is 0 Å². The number of hydrogen-bond acceptors (Lipinski definition) is 3. The van der Waals surface area contributed by atoms with E-state index in [-0.39, 0.29) is 0 Å². The largest absolute Gasteiger partial charge is 0.360 e. The van der Waals surface area contributed by atoms with Crippen molar-refractivity contribution in [1.82, 2.24) is 10.3 Å². The van der Waals surface area contributed by atoms with E-state index in [1.165, 1.54) is 11.1 Å². The maximum absolute atomic E-state index is 4.45. The molecule has 1 N–H and O–H groups in total. The number of aromatic nitrogens is 1.